The van der Waals surface area contributed by atoms with Gasteiger partial charge in [-0.05, 0) is 18.1 Å². The molecular formula is C13H18O. The Bertz CT molecular complexity index is 267. The van der Waals surface area contributed by atoms with Crippen molar-refractivity contribution in [2.45, 2.75) is 13.3 Å². The lowest BCUT2D eigenvalue weighted by molar-refractivity contribution is 0.334. The van der Waals surface area contributed by atoms with E-state index in [1.54, 1.807) is 19.4 Å². The van der Waals surface area contributed by atoms with Crippen molar-refractivity contribution >= 4 is 0 Å². The van der Waals surface area contributed by atoms with E-state index in [2.05, 4.69) is 13.2 Å². The summed E-state index contributed by atoms with van der Waals surface area (Å²) in [5, 5.41) is 0. The van der Waals surface area contributed by atoms with Crippen LogP contribution in [0.15, 0.2) is 60.9 Å². The number of ether oxygens (including phenoxy) is 1. The van der Waals surface area contributed by atoms with Crippen LogP contribution in [0.3, 0.4) is 0 Å². The van der Waals surface area contributed by atoms with Crippen LogP contribution in [0.2, 0.25) is 0 Å². The summed E-state index contributed by atoms with van der Waals surface area (Å²) in [4.78, 5) is 0. The molecule has 1 nitrogen and oxygen atoms in total. The van der Waals surface area contributed by atoms with E-state index in [1.165, 1.54) is 0 Å². The van der Waals surface area contributed by atoms with Gasteiger partial charge in [-0.1, -0.05) is 43.5 Å². The van der Waals surface area contributed by atoms with Gasteiger partial charge in [0.05, 0.1) is 13.4 Å². The number of hydrogen-bond acceptors (Lipinski definition) is 1. The summed E-state index contributed by atoms with van der Waals surface area (Å²) in [6.45, 7) is 9.38. The van der Waals surface area contributed by atoms with E-state index in [1.807, 2.05) is 31.2 Å². The summed E-state index contributed by atoms with van der Waals surface area (Å²) < 4.78 is 4.98. The van der Waals surface area contributed by atoms with Crippen LogP contribution in [0.1, 0.15) is 13.3 Å². The van der Waals surface area contributed by atoms with E-state index in [0.29, 0.717) is 0 Å². The average molecular weight is 190 g/mol. The number of allylic oxidation sites excluding steroid dienone is 7. The summed E-state index contributed by atoms with van der Waals surface area (Å²) in [7, 11) is 1.65. The molecule has 0 saturated carbocycles. The third-order valence-electron chi connectivity index (χ3n) is 1.65. The lowest BCUT2D eigenvalue weighted by Crippen LogP contribution is -1.84. The maximum absolute atomic E-state index is 4.98. The smallest absolute Gasteiger partial charge is 0.0859 e. The fraction of sp³-hybridized carbons (Fsp3) is 0.231. The van der Waals surface area contributed by atoms with Crippen LogP contribution in [0, 0.1) is 0 Å². The zero-order valence-electron chi connectivity index (χ0n) is 8.99. The standard InChI is InChI=1S/C13H18O/c1-5-8-12(7-3)10-13(9-6-2)11-14-4/h5-9,11H,1,3,10H2,2,4H3/b9-6-,12-8+,13-11+. The number of rotatable bonds is 6. The van der Waals surface area contributed by atoms with Crippen LogP contribution < -0.4 is 0 Å². The van der Waals surface area contributed by atoms with Crippen LogP contribution in [0.5, 0.6) is 0 Å². The van der Waals surface area contributed by atoms with E-state index >= 15 is 0 Å². The molecule has 0 saturated heterocycles. The van der Waals surface area contributed by atoms with Crippen molar-refractivity contribution in [2.24, 2.45) is 0 Å². The largest absolute Gasteiger partial charge is 0.504 e. The Labute approximate surface area is 86.8 Å². The summed E-state index contributed by atoms with van der Waals surface area (Å²) in [5.74, 6) is 0. The fourth-order valence-electron chi connectivity index (χ4n) is 1.09. The van der Waals surface area contributed by atoms with Crippen molar-refractivity contribution in [3.63, 3.8) is 0 Å². The van der Waals surface area contributed by atoms with E-state index in [4.69, 9.17) is 4.74 Å². The van der Waals surface area contributed by atoms with Gasteiger partial charge in [0, 0.05) is 6.42 Å². The normalized spacial score (nSPS) is 13.0. The van der Waals surface area contributed by atoms with Crippen molar-refractivity contribution < 1.29 is 4.74 Å². The Morgan fingerprint density at radius 3 is 2.43 bits per heavy atom. The quantitative estimate of drug-likeness (QED) is 0.457. The van der Waals surface area contributed by atoms with Gasteiger partial charge in [0.2, 0.25) is 0 Å². The second kappa shape index (κ2) is 8.11. The van der Waals surface area contributed by atoms with Crippen LogP contribution >= 0.6 is 0 Å². The first-order valence-electron chi connectivity index (χ1n) is 4.57. The summed E-state index contributed by atoms with van der Waals surface area (Å²) in [6, 6.07) is 0. The SMILES string of the molecule is C=C/C=C(\C=C)CC(/C=C\C)=C/OC. The Balaban J connectivity index is 4.57. The Morgan fingerprint density at radius 1 is 1.29 bits per heavy atom. The van der Waals surface area contributed by atoms with Gasteiger partial charge < -0.3 is 4.74 Å². The molecule has 1 heteroatoms. The molecule has 0 aliphatic heterocycles. The lowest BCUT2D eigenvalue weighted by Gasteiger charge is -2.02. The maximum atomic E-state index is 4.98. The van der Waals surface area contributed by atoms with Crippen LogP contribution in [0.4, 0.5) is 0 Å². The van der Waals surface area contributed by atoms with Gasteiger partial charge in [-0.25, -0.2) is 0 Å². The third kappa shape index (κ3) is 5.20. The minimum atomic E-state index is 0.813. The molecule has 0 amide bonds. The van der Waals surface area contributed by atoms with Crippen molar-refractivity contribution in [3.05, 3.63) is 60.9 Å². The molecule has 0 unspecified atom stereocenters. The maximum Gasteiger partial charge on any atom is 0.0859 e. The second-order valence-corrected chi connectivity index (χ2v) is 2.79. The molecule has 0 fully saturated rings. The van der Waals surface area contributed by atoms with Crippen molar-refractivity contribution in [3.8, 4) is 0 Å². The highest BCUT2D eigenvalue weighted by atomic mass is 16.5. The molecule has 0 heterocycles. The summed E-state index contributed by atoms with van der Waals surface area (Å²) in [5.41, 5.74) is 2.24. The van der Waals surface area contributed by atoms with Gasteiger partial charge in [0.25, 0.3) is 0 Å². The first-order chi connectivity index (χ1) is 6.78. The summed E-state index contributed by atoms with van der Waals surface area (Å²) in [6.07, 6.45) is 12.1. The highest BCUT2D eigenvalue weighted by Gasteiger charge is 1.95. The molecule has 0 aliphatic carbocycles. The Hall–Kier alpha value is -1.50. The molecule has 0 rings (SSSR count). The molecule has 0 aromatic heterocycles. The van der Waals surface area contributed by atoms with Crippen LogP contribution in [-0.2, 0) is 4.74 Å². The second-order valence-electron chi connectivity index (χ2n) is 2.79. The molecular weight excluding hydrogens is 172 g/mol. The average Bonchev–Trinajstić information content (AvgIpc) is 2.18. The minimum absolute atomic E-state index is 0.813. The molecule has 0 N–H and O–H groups in total. The monoisotopic (exact) mass is 190 g/mol. The Kier molecular flexibility index (Phi) is 7.24. The van der Waals surface area contributed by atoms with E-state index in [-0.39, 0.29) is 0 Å². The van der Waals surface area contributed by atoms with Gasteiger partial charge in [0.15, 0.2) is 0 Å². The predicted octanol–water partition coefficient (Wildman–Crippen LogP) is 3.78. The molecule has 0 atom stereocenters. The van der Waals surface area contributed by atoms with Gasteiger partial charge >= 0.3 is 0 Å². The van der Waals surface area contributed by atoms with E-state index in [0.717, 1.165) is 17.6 Å². The lowest BCUT2D eigenvalue weighted by atomic mass is 10.1. The zero-order chi connectivity index (χ0) is 10.8. The number of hydrogen-bond donors (Lipinski definition) is 0. The van der Waals surface area contributed by atoms with Crippen molar-refractivity contribution in [2.75, 3.05) is 7.11 Å². The third-order valence-corrected chi connectivity index (χ3v) is 1.65. The van der Waals surface area contributed by atoms with Crippen LogP contribution in [-0.4, -0.2) is 7.11 Å². The van der Waals surface area contributed by atoms with E-state index in [9.17, 15) is 0 Å². The molecule has 0 aliphatic rings. The van der Waals surface area contributed by atoms with Crippen molar-refractivity contribution in [1.82, 2.24) is 0 Å². The Morgan fingerprint density at radius 2 is 2.00 bits per heavy atom. The van der Waals surface area contributed by atoms with Gasteiger partial charge in [-0.2, -0.15) is 0 Å². The van der Waals surface area contributed by atoms with Crippen molar-refractivity contribution in [1.29, 1.82) is 0 Å². The molecule has 76 valence electrons. The fourth-order valence-corrected chi connectivity index (χ4v) is 1.09. The highest BCUT2D eigenvalue weighted by Crippen LogP contribution is 2.13. The highest BCUT2D eigenvalue weighted by molar-refractivity contribution is 5.31. The molecule has 0 spiro atoms. The van der Waals surface area contributed by atoms with Gasteiger partial charge in [-0.15, -0.1) is 0 Å². The molecule has 0 aromatic rings. The molecule has 0 bridgehead atoms. The van der Waals surface area contributed by atoms with Crippen LogP contribution in [0.25, 0.3) is 0 Å². The first kappa shape index (κ1) is 12.5. The van der Waals surface area contributed by atoms with Gasteiger partial charge in [-0.3, -0.25) is 0 Å². The molecule has 0 radical (unpaired) electrons. The van der Waals surface area contributed by atoms with E-state index < -0.39 is 0 Å². The molecule has 14 heavy (non-hydrogen) atoms. The minimum Gasteiger partial charge on any atom is -0.504 e. The van der Waals surface area contributed by atoms with Gasteiger partial charge in [0.1, 0.15) is 0 Å². The molecule has 0 aromatic carbocycles. The zero-order valence-corrected chi connectivity index (χ0v) is 8.99. The topological polar surface area (TPSA) is 9.23 Å². The predicted molar refractivity (Wildman–Crippen MR) is 63.0 cm³/mol. The number of methoxy groups -OCH3 is 1. The first-order valence-corrected chi connectivity index (χ1v) is 4.57. The summed E-state index contributed by atoms with van der Waals surface area (Å²) >= 11 is 0.